The third-order valence-corrected chi connectivity index (χ3v) is 3.10. The number of amides is 3. The van der Waals surface area contributed by atoms with Crippen LogP contribution >= 0.6 is 0 Å². The van der Waals surface area contributed by atoms with Crippen molar-refractivity contribution in [2.45, 2.75) is 32.8 Å². The van der Waals surface area contributed by atoms with Crippen molar-refractivity contribution in [1.82, 2.24) is 15.2 Å². The summed E-state index contributed by atoms with van der Waals surface area (Å²) in [5.41, 5.74) is -0.0866. The van der Waals surface area contributed by atoms with Gasteiger partial charge in [-0.05, 0) is 32.4 Å². The molecule has 0 fully saturated rings. The van der Waals surface area contributed by atoms with Gasteiger partial charge in [0.25, 0.3) is 0 Å². The van der Waals surface area contributed by atoms with E-state index in [0.717, 1.165) is 4.90 Å². The highest BCUT2D eigenvalue weighted by Gasteiger charge is 2.18. The lowest BCUT2D eigenvalue weighted by Crippen LogP contribution is -2.40. The molecule has 10 nitrogen and oxygen atoms in total. The number of ether oxygens (including phenoxy) is 1. The first-order chi connectivity index (χ1) is 12.6. The zero-order valence-corrected chi connectivity index (χ0v) is 15.5. The Kier molecular flexibility index (Phi) is 8.18. The van der Waals surface area contributed by atoms with E-state index in [1.807, 2.05) is 0 Å². The SMILES string of the molecule is CC(C)(C)OC(=O)Nc1ccc(CC(=O)N(CCNC=O)CC(=O)O)cn1. The average molecular weight is 380 g/mol. The minimum Gasteiger partial charge on any atom is -0.480 e. The normalized spacial score (nSPS) is 10.6. The second kappa shape index (κ2) is 10.1. The Hall–Kier alpha value is -3.17. The molecule has 0 saturated carbocycles. The van der Waals surface area contributed by atoms with Gasteiger partial charge < -0.3 is 20.1 Å². The van der Waals surface area contributed by atoms with Gasteiger partial charge in [-0.25, -0.2) is 9.78 Å². The summed E-state index contributed by atoms with van der Waals surface area (Å²) in [7, 11) is 0. The van der Waals surface area contributed by atoms with E-state index in [4.69, 9.17) is 9.84 Å². The molecule has 148 valence electrons. The molecule has 0 aliphatic rings. The van der Waals surface area contributed by atoms with Gasteiger partial charge in [-0.15, -0.1) is 0 Å². The van der Waals surface area contributed by atoms with Gasteiger partial charge in [-0.2, -0.15) is 0 Å². The maximum atomic E-state index is 12.3. The van der Waals surface area contributed by atoms with Crippen LogP contribution in [0.1, 0.15) is 26.3 Å². The van der Waals surface area contributed by atoms with Crippen molar-refractivity contribution in [2.24, 2.45) is 0 Å². The molecular formula is C17H24N4O6. The van der Waals surface area contributed by atoms with Gasteiger partial charge in [0.05, 0.1) is 6.42 Å². The first-order valence-electron chi connectivity index (χ1n) is 8.22. The zero-order chi connectivity index (χ0) is 20.4. The topological polar surface area (TPSA) is 138 Å². The smallest absolute Gasteiger partial charge is 0.413 e. The first-order valence-corrected chi connectivity index (χ1v) is 8.22. The van der Waals surface area contributed by atoms with E-state index >= 15 is 0 Å². The fourth-order valence-electron chi connectivity index (χ4n) is 2.01. The fourth-order valence-corrected chi connectivity index (χ4v) is 2.01. The van der Waals surface area contributed by atoms with Crippen molar-refractivity contribution in [1.29, 1.82) is 0 Å². The number of hydrogen-bond donors (Lipinski definition) is 3. The summed E-state index contributed by atoms with van der Waals surface area (Å²) in [6, 6.07) is 3.11. The van der Waals surface area contributed by atoms with Crippen molar-refractivity contribution >= 4 is 30.2 Å². The lowest BCUT2D eigenvalue weighted by Gasteiger charge is -2.20. The maximum Gasteiger partial charge on any atom is 0.413 e. The lowest BCUT2D eigenvalue weighted by molar-refractivity contribution is -0.144. The van der Waals surface area contributed by atoms with Gasteiger partial charge in [0, 0.05) is 19.3 Å². The number of anilines is 1. The van der Waals surface area contributed by atoms with E-state index in [1.165, 1.54) is 12.3 Å². The molecule has 27 heavy (non-hydrogen) atoms. The molecule has 0 saturated heterocycles. The number of hydrogen-bond acceptors (Lipinski definition) is 6. The highest BCUT2D eigenvalue weighted by Crippen LogP contribution is 2.11. The molecule has 0 radical (unpaired) electrons. The molecule has 1 heterocycles. The van der Waals surface area contributed by atoms with Crippen LogP contribution in [0.25, 0.3) is 0 Å². The summed E-state index contributed by atoms with van der Waals surface area (Å²) in [5, 5.41) is 13.8. The van der Waals surface area contributed by atoms with Gasteiger partial charge in [-0.1, -0.05) is 6.07 Å². The fraction of sp³-hybridized carbons (Fsp3) is 0.471. The standard InChI is InChI=1S/C17H24N4O6/c1-17(2,3)27-16(26)20-13-5-4-12(9-19-13)8-14(23)21(10-15(24)25)7-6-18-11-22/h4-5,9,11H,6-8,10H2,1-3H3,(H,18,22)(H,24,25)(H,19,20,26). The third kappa shape index (κ3) is 9.19. The van der Waals surface area contributed by atoms with Crippen molar-refractivity contribution in [2.75, 3.05) is 25.0 Å². The van der Waals surface area contributed by atoms with Gasteiger partial charge in [0.15, 0.2) is 0 Å². The number of aliphatic carboxylic acids is 1. The van der Waals surface area contributed by atoms with Crippen LogP contribution in [0.4, 0.5) is 10.6 Å². The van der Waals surface area contributed by atoms with E-state index in [9.17, 15) is 19.2 Å². The average Bonchev–Trinajstić information content (AvgIpc) is 2.53. The van der Waals surface area contributed by atoms with Gasteiger partial charge in [-0.3, -0.25) is 19.7 Å². The monoisotopic (exact) mass is 380 g/mol. The summed E-state index contributed by atoms with van der Waals surface area (Å²) < 4.78 is 5.11. The Balaban J connectivity index is 2.65. The Morgan fingerprint density at radius 2 is 2.00 bits per heavy atom. The van der Waals surface area contributed by atoms with Crippen LogP contribution in [0.2, 0.25) is 0 Å². The van der Waals surface area contributed by atoms with Gasteiger partial charge in [0.2, 0.25) is 12.3 Å². The Morgan fingerprint density at radius 1 is 1.30 bits per heavy atom. The minimum atomic E-state index is -1.15. The lowest BCUT2D eigenvalue weighted by atomic mass is 10.2. The third-order valence-electron chi connectivity index (χ3n) is 3.10. The predicted octanol–water partition coefficient (Wildman–Crippen LogP) is 0.630. The predicted molar refractivity (Wildman–Crippen MR) is 96.1 cm³/mol. The second-order valence-electron chi connectivity index (χ2n) is 6.64. The van der Waals surface area contributed by atoms with Crippen LogP contribution in [-0.4, -0.2) is 64.6 Å². The molecule has 1 rings (SSSR count). The van der Waals surface area contributed by atoms with Crippen LogP contribution < -0.4 is 10.6 Å². The summed E-state index contributed by atoms with van der Waals surface area (Å²) >= 11 is 0. The number of rotatable bonds is 9. The Morgan fingerprint density at radius 3 is 2.52 bits per heavy atom. The minimum absolute atomic E-state index is 0.0614. The van der Waals surface area contributed by atoms with E-state index in [0.29, 0.717) is 12.0 Å². The summed E-state index contributed by atoms with van der Waals surface area (Å²) in [6.45, 7) is 4.98. The molecular weight excluding hydrogens is 356 g/mol. The molecule has 3 N–H and O–H groups in total. The number of carboxylic acids is 1. The number of aromatic nitrogens is 1. The highest BCUT2D eigenvalue weighted by atomic mass is 16.6. The molecule has 0 unspecified atom stereocenters. The molecule has 0 aromatic carbocycles. The number of carbonyl (C=O) groups excluding carboxylic acids is 3. The van der Waals surface area contributed by atoms with Crippen molar-refractivity contribution < 1.29 is 29.0 Å². The molecule has 1 aromatic heterocycles. The Bertz CT molecular complexity index is 669. The Labute approximate surface area is 156 Å². The highest BCUT2D eigenvalue weighted by molar-refractivity contribution is 5.84. The molecule has 0 bridgehead atoms. The molecule has 3 amide bonds. The van der Waals surface area contributed by atoms with Crippen LogP contribution in [-0.2, 0) is 25.5 Å². The number of carbonyl (C=O) groups is 4. The summed E-state index contributed by atoms with van der Waals surface area (Å²) in [5.74, 6) is -1.30. The first kappa shape index (κ1) is 21.9. The molecule has 0 spiro atoms. The molecule has 0 aliphatic heterocycles. The molecule has 0 aliphatic carbocycles. The van der Waals surface area contributed by atoms with E-state index < -0.39 is 30.1 Å². The number of nitrogens with zero attached hydrogens (tertiary/aromatic N) is 2. The van der Waals surface area contributed by atoms with Crippen molar-refractivity contribution in [3.8, 4) is 0 Å². The number of pyridine rings is 1. The number of carboxylic acid groups (broad SMARTS) is 1. The largest absolute Gasteiger partial charge is 0.480 e. The van der Waals surface area contributed by atoms with Crippen molar-refractivity contribution in [3.63, 3.8) is 0 Å². The second-order valence-corrected chi connectivity index (χ2v) is 6.64. The van der Waals surface area contributed by atoms with Crippen molar-refractivity contribution in [3.05, 3.63) is 23.9 Å². The van der Waals surface area contributed by atoms with Crippen LogP contribution in [0, 0.1) is 0 Å². The number of nitrogens with one attached hydrogen (secondary N) is 2. The van der Waals surface area contributed by atoms with E-state index in [-0.39, 0.29) is 25.3 Å². The quantitative estimate of drug-likeness (QED) is 0.422. The van der Waals surface area contributed by atoms with Gasteiger partial charge in [0.1, 0.15) is 18.0 Å². The van der Waals surface area contributed by atoms with Crippen LogP contribution in [0.15, 0.2) is 18.3 Å². The van der Waals surface area contributed by atoms with Gasteiger partial charge >= 0.3 is 12.1 Å². The van der Waals surface area contributed by atoms with E-state index in [2.05, 4.69) is 15.6 Å². The molecule has 1 aromatic rings. The zero-order valence-electron chi connectivity index (χ0n) is 15.5. The van der Waals surface area contributed by atoms with Crippen LogP contribution in [0.3, 0.4) is 0 Å². The van der Waals surface area contributed by atoms with Crippen LogP contribution in [0.5, 0.6) is 0 Å². The summed E-state index contributed by atoms with van der Waals surface area (Å²) in [6.07, 6.45) is 1.18. The van der Waals surface area contributed by atoms with E-state index in [1.54, 1.807) is 26.8 Å². The molecule has 0 atom stereocenters. The summed E-state index contributed by atoms with van der Waals surface area (Å²) in [4.78, 5) is 50.3. The maximum absolute atomic E-state index is 12.3. The molecule has 10 heteroatoms.